The zero-order chi connectivity index (χ0) is 20.9. The number of aromatic nitrogens is 2. The molecule has 1 aliphatic rings. The van der Waals surface area contributed by atoms with Crippen molar-refractivity contribution >= 4 is 21.9 Å². The summed E-state index contributed by atoms with van der Waals surface area (Å²) in [4.78, 5) is 22.2. The number of amides is 1. The number of hydrogen-bond acceptors (Lipinski definition) is 6. The second-order valence-electron chi connectivity index (χ2n) is 7.01. The molecule has 0 spiro atoms. The van der Waals surface area contributed by atoms with E-state index in [4.69, 9.17) is 0 Å². The molecule has 1 amide bonds. The lowest BCUT2D eigenvalue weighted by Crippen LogP contribution is -2.47. The number of hydrogen-bond donors (Lipinski definition) is 1. The van der Waals surface area contributed by atoms with Crippen molar-refractivity contribution in [2.45, 2.75) is 46.1 Å². The van der Waals surface area contributed by atoms with Crippen LogP contribution in [0.15, 0.2) is 6.07 Å². The minimum Gasteiger partial charge on any atom is -0.373 e. The molecule has 0 unspecified atom stereocenters. The molecular weight excluding hydrogens is 380 g/mol. The molecule has 28 heavy (non-hydrogen) atoms. The Labute approximate surface area is 168 Å². The summed E-state index contributed by atoms with van der Waals surface area (Å²) >= 11 is 0. The fourth-order valence-corrected chi connectivity index (χ4v) is 5.06. The van der Waals surface area contributed by atoms with Crippen molar-refractivity contribution in [1.82, 2.24) is 23.5 Å². The molecule has 158 valence electrons. The van der Waals surface area contributed by atoms with Gasteiger partial charge in [0.25, 0.3) is 10.2 Å². The molecule has 1 fully saturated rings. The van der Waals surface area contributed by atoms with Gasteiger partial charge in [0, 0.05) is 59.2 Å². The number of nitrogens with zero attached hydrogens (tertiary/aromatic N) is 5. The number of anilines is 1. The van der Waals surface area contributed by atoms with Crippen LogP contribution in [0.5, 0.6) is 0 Å². The van der Waals surface area contributed by atoms with E-state index in [0.717, 1.165) is 18.5 Å². The highest BCUT2D eigenvalue weighted by molar-refractivity contribution is 7.86. The first kappa shape index (κ1) is 22.5. The number of carbonyl (C=O) groups excluding carboxylic acids is 1. The SMILES string of the molecule is CCN(CC)S(=O)(=O)N1CCC[C@H](c2cc(NC)nc(CN(C)C(C)=O)n2)C1. The molecular formula is C18H32N6O3S. The number of piperidine rings is 1. The molecule has 0 aromatic carbocycles. The van der Waals surface area contributed by atoms with Crippen LogP contribution in [0.1, 0.15) is 51.0 Å². The molecule has 10 heteroatoms. The predicted octanol–water partition coefficient (Wildman–Crippen LogP) is 1.26. The Morgan fingerprint density at radius 1 is 1.32 bits per heavy atom. The van der Waals surface area contributed by atoms with Crippen LogP contribution in [0, 0.1) is 0 Å². The van der Waals surface area contributed by atoms with E-state index in [2.05, 4.69) is 15.3 Å². The van der Waals surface area contributed by atoms with Gasteiger partial charge in [0.1, 0.15) is 11.6 Å². The van der Waals surface area contributed by atoms with Crippen molar-refractivity contribution in [3.8, 4) is 0 Å². The van der Waals surface area contributed by atoms with Gasteiger partial charge in [-0.05, 0) is 12.8 Å². The smallest absolute Gasteiger partial charge is 0.281 e. The van der Waals surface area contributed by atoms with Crippen molar-refractivity contribution in [2.75, 3.05) is 45.6 Å². The van der Waals surface area contributed by atoms with Gasteiger partial charge in [0.2, 0.25) is 5.91 Å². The van der Waals surface area contributed by atoms with Gasteiger partial charge in [-0.25, -0.2) is 9.97 Å². The lowest BCUT2D eigenvalue weighted by atomic mass is 9.96. The predicted molar refractivity (Wildman–Crippen MR) is 109 cm³/mol. The molecule has 1 N–H and O–H groups in total. The molecule has 9 nitrogen and oxygen atoms in total. The molecule has 0 bridgehead atoms. The van der Waals surface area contributed by atoms with Gasteiger partial charge in [-0.15, -0.1) is 0 Å². The van der Waals surface area contributed by atoms with E-state index in [1.165, 1.54) is 11.2 Å². The first-order chi connectivity index (χ1) is 13.2. The normalized spacial score (nSPS) is 18.3. The van der Waals surface area contributed by atoms with Crippen LogP contribution in [-0.4, -0.2) is 78.1 Å². The summed E-state index contributed by atoms with van der Waals surface area (Å²) in [5.41, 5.74) is 0.811. The number of rotatable bonds is 8. The van der Waals surface area contributed by atoms with E-state index in [1.54, 1.807) is 23.3 Å². The summed E-state index contributed by atoms with van der Waals surface area (Å²) in [5.74, 6) is 1.15. The van der Waals surface area contributed by atoms with Gasteiger partial charge in [-0.1, -0.05) is 13.8 Å². The summed E-state index contributed by atoms with van der Waals surface area (Å²) in [6, 6.07) is 1.87. The first-order valence-corrected chi connectivity index (χ1v) is 11.1. The van der Waals surface area contributed by atoms with Gasteiger partial charge >= 0.3 is 0 Å². The monoisotopic (exact) mass is 412 g/mol. The standard InChI is InChI=1S/C18H32N6O3S/c1-6-23(7-2)28(26,27)24-10-8-9-15(12-24)16-11-17(19-4)21-18(20-16)13-22(5)14(3)25/h11,15H,6-10,12-13H2,1-5H3,(H,19,20,21)/t15-/m0/s1. The number of carbonyl (C=O) groups is 1. The van der Waals surface area contributed by atoms with Gasteiger partial charge in [0.15, 0.2) is 0 Å². The Kier molecular flexibility index (Phi) is 7.73. The van der Waals surface area contributed by atoms with Gasteiger partial charge in [0.05, 0.1) is 12.2 Å². The average Bonchev–Trinajstić information content (AvgIpc) is 2.68. The maximum atomic E-state index is 12.9. The van der Waals surface area contributed by atoms with Crippen LogP contribution >= 0.6 is 0 Å². The maximum absolute atomic E-state index is 12.9. The molecule has 1 aromatic rings. The maximum Gasteiger partial charge on any atom is 0.281 e. The molecule has 1 atom stereocenters. The van der Waals surface area contributed by atoms with Crippen LogP contribution in [-0.2, 0) is 21.5 Å². The highest BCUT2D eigenvalue weighted by atomic mass is 32.2. The van der Waals surface area contributed by atoms with Crippen molar-refractivity contribution in [1.29, 1.82) is 0 Å². The van der Waals surface area contributed by atoms with Crippen LogP contribution in [0.25, 0.3) is 0 Å². The van der Waals surface area contributed by atoms with E-state index < -0.39 is 10.2 Å². The molecule has 1 saturated heterocycles. The first-order valence-electron chi connectivity index (χ1n) is 9.75. The van der Waals surface area contributed by atoms with Crippen LogP contribution in [0.3, 0.4) is 0 Å². The summed E-state index contributed by atoms with van der Waals surface area (Å²) in [5, 5.41) is 3.03. The molecule has 1 aromatic heterocycles. The van der Waals surface area contributed by atoms with E-state index in [9.17, 15) is 13.2 Å². The summed E-state index contributed by atoms with van der Waals surface area (Å²) in [6.45, 7) is 7.36. The Hall–Kier alpha value is -1.78. The van der Waals surface area contributed by atoms with Crippen LogP contribution < -0.4 is 5.32 Å². The van der Waals surface area contributed by atoms with Crippen molar-refractivity contribution in [3.05, 3.63) is 17.6 Å². The summed E-state index contributed by atoms with van der Waals surface area (Å²) < 4.78 is 28.8. The third-order valence-corrected chi connectivity index (χ3v) is 7.28. The zero-order valence-corrected chi connectivity index (χ0v) is 18.3. The largest absolute Gasteiger partial charge is 0.373 e. The van der Waals surface area contributed by atoms with Crippen molar-refractivity contribution in [2.24, 2.45) is 0 Å². The number of nitrogens with one attached hydrogen (secondary N) is 1. The van der Waals surface area contributed by atoms with E-state index in [1.807, 2.05) is 19.9 Å². The second kappa shape index (κ2) is 9.62. The quantitative estimate of drug-likeness (QED) is 0.690. The summed E-state index contributed by atoms with van der Waals surface area (Å²) in [6.07, 6.45) is 1.65. The lowest BCUT2D eigenvalue weighted by molar-refractivity contribution is -0.128. The molecule has 2 heterocycles. The van der Waals surface area contributed by atoms with Gasteiger partial charge in [-0.3, -0.25) is 4.79 Å². The minimum atomic E-state index is -3.47. The lowest BCUT2D eigenvalue weighted by Gasteiger charge is -2.35. The highest BCUT2D eigenvalue weighted by Crippen LogP contribution is 2.29. The topological polar surface area (TPSA) is 98.7 Å². The molecule has 0 radical (unpaired) electrons. The third kappa shape index (κ3) is 5.18. The van der Waals surface area contributed by atoms with Gasteiger partial charge < -0.3 is 10.2 Å². The Morgan fingerprint density at radius 2 is 2.00 bits per heavy atom. The molecule has 2 rings (SSSR count). The Balaban J connectivity index is 2.27. The third-order valence-electron chi connectivity index (χ3n) is 5.12. The Bertz CT molecular complexity index is 782. The van der Waals surface area contributed by atoms with Crippen molar-refractivity contribution < 1.29 is 13.2 Å². The van der Waals surface area contributed by atoms with E-state index in [0.29, 0.717) is 44.4 Å². The van der Waals surface area contributed by atoms with E-state index in [-0.39, 0.29) is 11.8 Å². The second-order valence-corrected chi connectivity index (χ2v) is 8.94. The fraction of sp³-hybridized carbons (Fsp3) is 0.722. The summed E-state index contributed by atoms with van der Waals surface area (Å²) in [7, 11) is 0.0187. The zero-order valence-electron chi connectivity index (χ0n) is 17.5. The van der Waals surface area contributed by atoms with E-state index >= 15 is 0 Å². The fourth-order valence-electron chi connectivity index (χ4n) is 3.36. The molecule has 1 aliphatic heterocycles. The van der Waals surface area contributed by atoms with Gasteiger partial charge in [-0.2, -0.15) is 17.0 Å². The minimum absolute atomic E-state index is 0.00410. The Morgan fingerprint density at radius 3 is 2.57 bits per heavy atom. The average molecular weight is 413 g/mol. The highest BCUT2D eigenvalue weighted by Gasteiger charge is 2.33. The molecule has 0 aliphatic carbocycles. The van der Waals surface area contributed by atoms with Crippen LogP contribution in [0.4, 0.5) is 5.82 Å². The van der Waals surface area contributed by atoms with Crippen LogP contribution in [0.2, 0.25) is 0 Å². The van der Waals surface area contributed by atoms with Crippen molar-refractivity contribution in [3.63, 3.8) is 0 Å². The molecule has 0 saturated carbocycles.